The van der Waals surface area contributed by atoms with E-state index in [4.69, 9.17) is 16.3 Å². The average Bonchev–Trinajstić information content (AvgIpc) is 2.35. The molecule has 0 aliphatic carbocycles. The number of rotatable bonds is 4. The minimum atomic E-state index is -0.235. The van der Waals surface area contributed by atoms with E-state index in [2.05, 4.69) is 10.2 Å². The van der Waals surface area contributed by atoms with Gasteiger partial charge in [0.2, 0.25) is 5.28 Å². The van der Waals surface area contributed by atoms with Crippen molar-refractivity contribution in [3.8, 4) is 0 Å². The molecule has 0 aliphatic rings. The number of halogens is 1. The quantitative estimate of drug-likeness (QED) is 0.749. The summed E-state index contributed by atoms with van der Waals surface area (Å²) in [6, 6.07) is 0. The van der Waals surface area contributed by atoms with Crippen LogP contribution in [0, 0.1) is 0 Å². The van der Waals surface area contributed by atoms with Gasteiger partial charge in [-0.2, -0.15) is 0 Å². The Morgan fingerprint density at radius 1 is 1.62 bits per heavy atom. The van der Waals surface area contributed by atoms with Crippen LogP contribution in [0.4, 0.5) is 0 Å². The minimum absolute atomic E-state index is 0.235. The highest BCUT2D eigenvalue weighted by Crippen LogP contribution is 2.14. The van der Waals surface area contributed by atoms with Crippen molar-refractivity contribution in [1.29, 1.82) is 0 Å². The van der Waals surface area contributed by atoms with Gasteiger partial charge in [-0.3, -0.25) is 0 Å². The molecule has 0 aromatic carbocycles. The van der Waals surface area contributed by atoms with Crippen LogP contribution in [0.3, 0.4) is 0 Å². The third kappa shape index (κ3) is 2.97. The predicted octanol–water partition coefficient (Wildman–Crippen LogP) is 1.75. The van der Waals surface area contributed by atoms with Crippen molar-refractivity contribution in [1.82, 2.24) is 14.8 Å². The normalized spacial score (nSPS) is 12.0. The third-order valence-electron chi connectivity index (χ3n) is 1.65. The molecule has 0 N–H and O–H groups in total. The average molecular weight is 204 g/mol. The molecule has 0 aliphatic heterocycles. The molecule has 1 heterocycles. The summed E-state index contributed by atoms with van der Waals surface area (Å²) >= 11 is 5.78. The topological polar surface area (TPSA) is 39.9 Å². The maximum atomic E-state index is 5.78. The van der Waals surface area contributed by atoms with Crippen LogP contribution >= 0.6 is 11.6 Å². The summed E-state index contributed by atoms with van der Waals surface area (Å²) in [5.41, 5.74) is -0.235. The highest BCUT2D eigenvalue weighted by molar-refractivity contribution is 6.28. The lowest BCUT2D eigenvalue weighted by Gasteiger charge is -2.24. The molecule has 0 spiro atoms. The zero-order valence-electron chi connectivity index (χ0n) is 8.12. The van der Waals surface area contributed by atoms with E-state index in [1.807, 2.05) is 20.8 Å². The second kappa shape index (κ2) is 4.07. The second-order valence-electron chi connectivity index (χ2n) is 3.42. The lowest BCUT2D eigenvalue weighted by Crippen LogP contribution is -2.30. The molecule has 0 radical (unpaired) electrons. The van der Waals surface area contributed by atoms with Gasteiger partial charge in [-0.15, -0.1) is 10.2 Å². The van der Waals surface area contributed by atoms with Crippen LogP contribution in [-0.4, -0.2) is 27.0 Å². The molecular weight excluding hydrogens is 190 g/mol. The van der Waals surface area contributed by atoms with E-state index < -0.39 is 0 Å². The van der Waals surface area contributed by atoms with Gasteiger partial charge in [0, 0.05) is 6.61 Å². The second-order valence-corrected chi connectivity index (χ2v) is 3.76. The van der Waals surface area contributed by atoms with Gasteiger partial charge in [0.25, 0.3) is 0 Å². The number of hydrogen-bond acceptors (Lipinski definition) is 3. The Morgan fingerprint density at radius 2 is 2.31 bits per heavy atom. The third-order valence-corrected chi connectivity index (χ3v) is 1.95. The van der Waals surface area contributed by atoms with E-state index in [1.165, 1.54) is 0 Å². The largest absolute Gasteiger partial charge is 0.374 e. The Balaban J connectivity index is 2.63. The van der Waals surface area contributed by atoms with Crippen LogP contribution in [0.15, 0.2) is 6.33 Å². The summed E-state index contributed by atoms with van der Waals surface area (Å²) in [5.74, 6) is 0. The molecule has 1 aromatic rings. The van der Waals surface area contributed by atoms with Crippen LogP contribution in [-0.2, 0) is 11.3 Å². The molecule has 0 unspecified atom stereocenters. The molecule has 5 heteroatoms. The van der Waals surface area contributed by atoms with Gasteiger partial charge in [-0.1, -0.05) is 0 Å². The molecule has 0 saturated carbocycles. The Bertz CT molecular complexity index is 272. The van der Waals surface area contributed by atoms with E-state index >= 15 is 0 Å². The van der Waals surface area contributed by atoms with Crippen molar-refractivity contribution in [3.63, 3.8) is 0 Å². The molecule has 4 nitrogen and oxygen atoms in total. The molecule has 13 heavy (non-hydrogen) atoms. The summed E-state index contributed by atoms with van der Waals surface area (Å²) in [7, 11) is 0. The zero-order valence-corrected chi connectivity index (χ0v) is 8.88. The molecule has 0 amide bonds. The van der Waals surface area contributed by atoms with E-state index in [-0.39, 0.29) is 5.60 Å². The van der Waals surface area contributed by atoms with Crippen LogP contribution in [0.1, 0.15) is 20.8 Å². The highest BCUT2D eigenvalue weighted by Gasteiger charge is 2.19. The number of ether oxygens (including phenoxy) is 1. The Kier molecular flexibility index (Phi) is 3.27. The van der Waals surface area contributed by atoms with Crippen LogP contribution in [0.2, 0.25) is 5.28 Å². The summed E-state index contributed by atoms with van der Waals surface area (Å²) in [6.07, 6.45) is 1.60. The molecular formula is C8H14ClN3O. The monoisotopic (exact) mass is 203 g/mol. The van der Waals surface area contributed by atoms with Gasteiger partial charge in [0.05, 0.1) is 12.1 Å². The maximum Gasteiger partial charge on any atom is 0.224 e. The number of aromatic nitrogens is 3. The van der Waals surface area contributed by atoms with Gasteiger partial charge in [-0.25, -0.2) is 0 Å². The molecule has 74 valence electrons. The first-order valence-electron chi connectivity index (χ1n) is 4.22. The van der Waals surface area contributed by atoms with Gasteiger partial charge >= 0.3 is 0 Å². The lowest BCUT2D eigenvalue weighted by molar-refractivity contribution is -0.0224. The van der Waals surface area contributed by atoms with Crippen LogP contribution in [0.25, 0.3) is 0 Å². The van der Waals surface area contributed by atoms with Crippen LogP contribution in [0.5, 0.6) is 0 Å². The molecule has 0 saturated heterocycles. The lowest BCUT2D eigenvalue weighted by atomic mass is 10.1. The van der Waals surface area contributed by atoms with Crippen molar-refractivity contribution in [2.24, 2.45) is 0 Å². The van der Waals surface area contributed by atoms with E-state index in [9.17, 15) is 0 Å². The summed E-state index contributed by atoms with van der Waals surface area (Å²) in [6.45, 7) is 7.33. The van der Waals surface area contributed by atoms with E-state index in [1.54, 1.807) is 10.9 Å². The smallest absolute Gasteiger partial charge is 0.224 e. The van der Waals surface area contributed by atoms with Crippen molar-refractivity contribution in [2.45, 2.75) is 32.9 Å². The SMILES string of the molecule is CCOC(C)(C)Cn1cnnc1Cl. The zero-order chi connectivity index (χ0) is 9.90. The van der Waals surface area contributed by atoms with Gasteiger partial charge in [-0.05, 0) is 32.4 Å². The number of nitrogens with zero attached hydrogens (tertiary/aromatic N) is 3. The van der Waals surface area contributed by atoms with Gasteiger partial charge in [0.15, 0.2) is 0 Å². The van der Waals surface area contributed by atoms with Crippen molar-refractivity contribution in [3.05, 3.63) is 11.6 Å². The van der Waals surface area contributed by atoms with Gasteiger partial charge in [0.1, 0.15) is 6.33 Å². The van der Waals surface area contributed by atoms with Gasteiger partial charge < -0.3 is 9.30 Å². The number of hydrogen-bond donors (Lipinski definition) is 0. The first-order chi connectivity index (χ1) is 6.05. The minimum Gasteiger partial charge on any atom is -0.374 e. The van der Waals surface area contributed by atoms with Crippen LogP contribution < -0.4 is 0 Å². The first-order valence-corrected chi connectivity index (χ1v) is 4.60. The fraction of sp³-hybridized carbons (Fsp3) is 0.750. The molecule has 0 atom stereocenters. The van der Waals surface area contributed by atoms with E-state index in [0.717, 1.165) is 0 Å². The predicted molar refractivity (Wildman–Crippen MR) is 50.7 cm³/mol. The standard InChI is InChI=1S/C8H14ClN3O/c1-4-13-8(2,3)5-12-6-10-11-7(12)9/h6H,4-5H2,1-3H3. The summed E-state index contributed by atoms with van der Waals surface area (Å²) < 4.78 is 7.28. The van der Waals surface area contributed by atoms with E-state index in [0.29, 0.717) is 18.4 Å². The fourth-order valence-electron chi connectivity index (χ4n) is 1.19. The maximum absolute atomic E-state index is 5.78. The fourth-order valence-corrected chi connectivity index (χ4v) is 1.34. The molecule has 1 aromatic heterocycles. The molecule has 0 bridgehead atoms. The Hall–Kier alpha value is -0.610. The Morgan fingerprint density at radius 3 is 2.77 bits per heavy atom. The van der Waals surface area contributed by atoms with Crippen molar-refractivity contribution >= 4 is 11.6 Å². The Labute approximate surface area is 82.9 Å². The summed E-state index contributed by atoms with van der Waals surface area (Å²) in [5, 5.41) is 7.77. The highest BCUT2D eigenvalue weighted by atomic mass is 35.5. The summed E-state index contributed by atoms with van der Waals surface area (Å²) in [4.78, 5) is 0. The molecule has 0 fully saturated rings. The first kappa shape index (κ1) is 10.5. The van der Waals surface area contributed by atoms with Crippen molar-refractivity contribution < 1.29 is 4.74 Å². The van der Waals surface area contributed by atoms with Crippen molar-refractivity contribution in [2.75, 3.05) is 6.61 Å². The molecule has 1 rings (SSSR count).